The van der Waals surface area contributed by atoms with E-state index < -0.39 is 21.6 Å². The summed E-state index contributed by atoms with van der Waals surface area (Å²) in [6.07, 6.45) is 5.57. The minimum atomic E-state index is -3.61. The van der Waals surface area contributed by atoms with Crippen molar-refractivity contribution in [3.05, 3.63) is 90.1 Å². The number of benzene rings is 2. The third-order valence-electron chi connectivity index (χ3n) is 4.84. The lowest BCUT2D eigenvalue weighted by Gasteiger charge is -2.10. The highest BCUT2D eigenvalue weighted by molar-refractivity contribution is 7.92. The molecule has 0 saturated heterocycles. The number of nitrogens with one attached hydrogen (secondary N) is 1. The van der Waals surface area contributed by atoms with Gasteiger partial charge in [0, 0.05) is 46.2 Å². The molecule has 0 aliphatic carbocycles. The number of sulfonamides is 1. The highest BCUT2D eigenvalue weighted by Crippen LogP contribution is 2.25. The lowest BCUT2D eigenvalue weighted by atomic mass is 10.00. The molecule has 2 aromatic carbocycles. The Bertz CT molecular complexity index is 1410. The van der Waals surface area contributed by atoms with Crippen LogP contribution >= 0.6 is 0 Å². The average molecular weight is 450 g/mol. The van der Waals surface area contributed by atoms with Gasteiger partial charge in [0.15, 0.2) is 5.78 Å². The fourth-order valence-corrected chi connectivity index (χ4v) is 4.53. The van der Waals surface area contributed by atoms with Crippen LogP contribution in [0.3, 0.4) is 0 Å². The van der Waals surface area contributed by atoms with Crippen LogP contribution in [0.1, 0.15) is 29.3 Å². The van der Waals surface area contributed by atoms with Crippen LogP contribution in [0.4, 0.5) is 10.1 Å². The number of carbonyl (C=O) groups is 1. The first-order valence-electron chi connectivity index (χ1n) is 10.0. The molecule has 162 valence electrons. The van der Waals surface area contributed by atoms with Gasteiger partial charge in [-0.15, -0.1) is 0 Å². The van der Waals surface area contributed by atoms with E-state index in [1.807, 2.05) is 18.2 Å². The fraction of sp³-hybridized carbons (Fsp3) is 0.125. The SMILES string of the molecule is CCCS(=O)(=O)Nc1cc(F)cc(C(=O)c2ccc3ncc(-c4cccnc4)cc3c2)c1. The number of anilines is 1. The summed E-state index contributed by atoms with van der Waals surface area (Å²) < 4.78 is 40.5. The van der Waals surface area contributed by atoms with Crippen molar-refractivity contribution in [3.63, 3.8) is 0 Å². The van der Waals surface area contributed by atoms with Gasteiger partial charge < -0.3 is 0 Å². The zero-order chi connectivity index (χ0) is 22.7. The Labute approximate surface area is 185 Å². The number of nitrogens with zero attached hydrogens (tertiary/aromatic N) is 2. The first kappa shape index (κ1) is 21.6. The standard InChI is InChI=1S/C24H20FN3O3S/c1-2-8-32(30,31)28-22-12-19(11-21(25)13-22)24(29)16-5-6-23-18(9-16)10-20(15-27-23)17-4-3-7-26-14-17/h3-7,9-15,28H,2,8H2,1H3. The molecule has 0 aliphatic heterocycles. The van der Waals surface area contributed by atoms with Gasteiger partial charge in [0.1, 0.15) is 5.82 Å². The lowest BCUT2D eigenvalue weighted by Crippen LogP contribution is -2.16. The Kier molecular flexibility index (Phi) is 5.96. The van der Waals surface area contributed by atoms with E-state index in [-0.39, 0.29) is 17.0 Å². The topological polar surface area (TPSA) is 89.0 Å². The summed E-state index contributed by atoms with van der Waals surface area (Å²) >= 11 is 0. The second-order valence-corrected chi connectivity index (χ2v) is 9.19. The number of hydrogen-bond donors (Lipinski definition) is 1. The molecule has 0 unspecified atom stereocenters. The summed E-state index contributed by atoms with van der Waals surface area (Å²) in [6.45, 7) is 1.73. The zero-order valence-electron chi connectivity index (χ0n) is 17.2. The Morgan fingerprint density at radius 3 is 2.59 bits per heavy atom. The molecule has 0 spiro atoms. The van der Waals surface area contributed by atoms with Gasteiger partial charge in [-0.1, -0.05) is 13.0 Å². The Morgan fingerprint density at radius 2 is 1.84 bits per heavy atom. The number of hydrogen-bond acceptors (Lipinski definition) is 5. The second-order valence-electron chi connectivity index (χ2n) is 7.35. The minimum absolute atomic E-state index is 0.0168. The van der Waals surface area contributed by atoms with Crippen LogP contribution in [0.5, 0.6) is 0 Å². The summed E-state index contributed by atoms with van der Waals surface area (Å²) in [5.41, 5.74) is 2.87. The molecule has 1 N–H and O–H groups in total. The predicted octanol–water partition coefficient (Wildman–Crippen LogP) is 4.82. The van der Waals surface area contributed by atoms with Gasteiger partial charge in [-0.2, -0.15) is 0 Å². The summed E-state index contributed by atoms with van der Waals surface area (Å²) in [5, 5.41) is 0.748. The number of carbonyl (C=O) groups excluding carboxylic acids is 1. The van der Waals surface area contributed by atoms with Crippen LogP contribution in [-0.4, -0.2) is 29.9 Å². The molecule has 0 fully saturated rings. The van der Waals surface area contributed by atoms with Crippen molar-refractivity contribution in [1.29, 1.82) is 0 Å². The largest absolute Gasteiger partial charge is 0.289 e. The van der Waals surface area contributed by atoms with Gasteiger partial charge in [0.05, 0.1) is 17.0 Å². The Balaban J connectivity index is 1.69. The smallest absolute Gasteiger partial charge is 0.232 e. The molecule has 0 aliphatic rings. The maximum absolute atomic E-state index is 14.2. The molecule has 4 rings (SSSR count). The third kappa shape index (κ3) is 4.81. The van der Waals surface area contributed by atoms with E-state index in [2.05, 4.69) is 14.7 Å². The summed E-state index contributed by atoms with van der Waals surface area (Å²) in [7, 11) is -3.61. The van der Waals surface area contributed by atoms with Crippen molar-refractivity contribution in [1.82, 2.24) is 9.97 Å². The van der Waals surface area contributed by atoms with Crippen LogP contribution in [0.2, 0.25) is 0 Å². The van der Waals surface area contributed by atoms with Crippen LogP contribution in [0, 0.1) is 5.82 Å². The molecule has 0 atom stereocenters. The van der Waals surface area contributed by atoms with Gasteiger partial charge in [-0.25, -0.2) is 12.8 Å². The molecule has 0 radical (unpaired) electrons. The van der Waals surface area contributed by atoms with Gasteiger partial charge in [-0.05, 0) is 55.0 Å². The number of rotatable bonds is 7. The van der Waals surface area contributed by atoms with Crippen molar-refractivity contribution in [2.75, 3.05) is 10.5 Å². The normalized spacial score (nSPS) is 11.4. The fourth-order valence-electron chi connectivity index (χ4n) is 3.41. The highest BCUT2D eigenvalue weighted by Gasteiger charge is 2.15. The van der Waals surface area contributed by atoms with E-state index >= 15 is 0 Å². The molecular weight excluding hydrogens is 429 g/mol. The molecular formula is C24H20FN3O3S. The molecule has 6 nitrogen and oxygen atoms in total. The van der Waals surface area contributed by atoms with Crippen LogP contribution < -0.4 is 4.72 Å². The maximum Gasteiger partial charge on any atom is 0.232 e. The van der Waals surface area contributed by atoms with E-state index in [1.54, 1.807) is 43.7 Å². The molecule has 2 heterocycles. The lowest BCUT2D eigenvalue weighted by molar-refractivity contribution is 0.103. The van der Waals surface area contributed by atoms with E-state index in [9.17, 15) is 17.6 Å². The van der Waals surface area contributed by atoms with E-state index in [4.69, 9.17) is 0 Å². The van der Waals surface area contributed by atoms with Crippen molar-refractivity contribution in [3.8, 4) is 11.1 Å². The van der Waals surface area contributed by atoms with Crippen LogP contribution in [0.15, 0.2) is 73.2 Å². The summed E-state index contributed by atoms with van der Waals surface area (Å²) in [5.74, 6) is -1.22. The molecule has 0 amide bonds. The first-order chi connectivity index (χ1) is 15.3. The zero-order valence-corrected chi connectivity index (χ0v) is 18.1. The van der Waals surface area contributed by atoms with Crippen LogP contribution in [-0.2, 0) is 10.0 Å². The number of fused-ring (bicyclic) bond motifs is 1. The number of ketones is 1. The Morgan fingerprint density at radius 1 is 1.00 bits per heavy atom. The predicted molar refractivity (Wildman–Crippen MR) is 123 cm³/mol. The molecule has 4 aromatic rings. The summed E-state index contributed by atoms with van der Waals surface area (Å²) in [6, 6.07) is 14.2. The van der Waals surface area contributed by atoms with Crippen molar-refractivity contribution in [2.45, 2.75) is 13.3 Å². The maximum atomic E-state index is 14.2. The summed E-state index contributed by atoms with van der Waals surface area (Å²) in [4.78, 5) is 21.6. The first-order valence-corrected chi connectivity index (χ1v) is 11.7. The van der Waals surface area contributed by atoms with Gasteiger partial charge in [0.2, 0.25) is 10.0 Å². The van der Waals surface area contributed by atoms with Gasteiger partial charge in [-0.3, -0.25) is 19.5 Å². The van der Waals surface area contributed by atoms with Gasteiger partial charge >= 0.3 is 0 Å². The average Bonchev–Trinajstić information content (AvgIpc) is 2.77. The molecule has 2 aromatic heterocycles. The number of aromatic nitrogens is 2. The molecule has 0 bridgehead atoms. The number of pyridine rings is 2. The monoisotopic (exact) mass is 449 g/mol. The van der Waals surface area contributed by atoms with Gasteiger partial charge in [0.25, 0.3) is 0 Å². The van der Waals surface area contributed by atoms with E-state index in [1.165, 1.54) is 6.07 Å². The third-order valence-corrected chi connectivity index (χ3v) is 6.34. The Hall–Kier alpha value is -3.65. The van der Waals surface area contributed by atoms with E-state index in [0.717, 1.165) is 28.6 Å². The second kappa shape index (κ2) is 8.84. The number of halogens is 1. The molecule has 32 heavy (non-hydrogen) atoms. The van der Waals surface area contributed by atoms with E-state index in [0.29, 0.717) is 17.5 Å². The minimum Gasteiger partial charge on any atom is -0.289 e. The molecule has 8 heteroatoms. The van der Waals surface area contributed by atoms with Crippen LogP contribution in [0.25, 0.3) is 22.0 Å². The van der Waals surface area contributed by atoms with Crippen molar-refractivity contribution < 1.29 is 17.6 Å². The highest BCUT2D eigenvalue weighted by atomic mass is 32.2. The van der Waals surface area contributed by atoms with Crippen molar-refractivity contribution in [2.24, 2.45) is 0 Å². The quantitative estimate of drug-likeness (QED) is 0.409. The molecule has 0 saturated carbocycles. The van der Waals surface area contributed by atoms with Crippen molar-refractivity contribution >= 4 is 32.4 Å².